The first kappa shape index (κ1) is 18.3. The molecule has 0 radical (unpaired) electrons. The summed E-state index contributed by atoms with van der Waals surface area (Å²) in [6, 6.07) is 9.91. The van der Waals surface area contributed by atoms with Crippen LogP contribution in [0, 0.1) is 0 Å². The molecule has 1 heterocycles. The van der Waals surface area contributed by atoms with E-state index in [4.69, 9.17) is 4.74 Å². The molecule has 0 aliphatic rings. The average Bonchev–Trinajstić information content (AvgIpc) is 2.50. The number of aromatic nitrogens is 1. The molecule has 0 fully saturated rings. The van der Waals surface area contributed by atoms with Crippen LogP contribution in [0.4, 0.5) is 0 Å². The van der Waals surface area contributed by atoms with E-state index in [1.165, 1.54) is 19.4 Å². The predicted molar refractivity (Wildman–Crippen MR) is 93.2 cm³/mol. The van der Waals surface area contributed by atoms with Crippen molar-refractivity contribution in [3.8, 4) is 5.75 Å². The molecule has 2 rings (SSSR count). The smallest absolute Gasteiger partial charge is 0.308 e. The van der Waals surface area contributed by atoms with Gasteiger partial charge in [-0.3, -0.25) is 9.59 Å². The highest BCUT2D eigenvalue weighted by Gasteiger charge is 2.16. The standard InChI is InChI=1S/C16H15BrN2O4S/c1-11(20)23-14-7-5-6-13(17)12(14)10-15(21)19-24(2,22)16-8-3-4-9-18-16/h3-9H,10H2,1-2H3. The van der Waals surface area contributed by atoms with Crippen LogP contribution in [-0.2, 0) is 25.7 Å². The summed E-state index contributed by atoms with van der Waals surface area (Å²) in [6.07, 6.45) is 2.70. The molecule has 0 aliphatic heterocycles. The molecular formula is C16H15BrN2O4S. The van der Waals surface area contributed by atoms with Crippen LogP contribution in [0.1, 0.15) is 12.5 Å². The van der Waals surface area contributed by atoms with Crippen molar-refractivity contribution in [1.82, 2.24) is 4.98 Å². The maximum absolute atomic E-state index is 12.6. The molecule has 0 N–H and O–H groups in total. The fraction of sp³-hybridized carbons (Fsp3) is 0.188. The summed E-state index contributed by atoms with van der Waals surface area (Å²) in [5.74, 6) is -0.819. The van der Waals surface area contributed by atoms with Crippen LogP contribution in [0.2, 0.25) is 0 Å². The molecule has 126 valence electrons. The Morgan fingerprint density at radius 1 is 1.25 bits per heavy atom. The molecule has 1 aromatic carbocycles. The van der Waals surface area contributed by atoms with Crippen LogP contribution < -0.4 is 4.74 Å². The molecule has 2 aromatic rings. The SMILES string of the molecule is CC(=O)Oc1cccc(Br)c1CC(=O)N=S(C)(=O)c1ccccn1. The Kier molecular flexibility index (Phi) is 5.84. The molecule has 1 amide bonds. The Labute approximate surface area is 148 Å². The van der Waals surface area contributed by atoms with Crippen LogP contribution in [0.3, 0.4) is 0 Å². The second-order valence-electron chi connectivity index (χ2n) is 4.94. The molecule has 0 saturated carbocycles. The van der Waals surface area contributed by atoms with Crippen molar-refractivity contribution in [2.45, 2.75) is 18.4 Å². The Hall–Kier alpha value is -2.06. The first-order valence-electron chi connectivity index (χ1n) is 6.91. The number of nitrogens with zero attached hydrogens (tertiary/aromatic N) is 2. The Bertz CT molecular complexity index is 890. The maximum atomic E-state index is 12.6. The Morgan fingerprint density at radius 3 is 2.62 bits per heavy atom. The number of carbonyl (C=O) groups is 2. The lowest BCUT2D eigenvalue weighted by atomic mass is 10.1. The van der Waals surface area contributed by atoms with Gasteiger partial charge in [0.1, 0.15) is 10.8 Å². The normalized spacial score (nSPS) is 13.0. The number of amides is 1. The van der Waals surface area contributed by atoms with E-state index >= 15 is 0 Å². The van der Waals surface area contributed by atoms with Gasteiger partial charge in [0.25, 0.3) is 5.91 Å². The minimum atomic E-state index is -2.94. The highest BCUT2D eigenvalue weighted by molar-refractivity contribution is 9.10. The summed E-state index contributed by atoms with van der Waals surface area (Å²) in [4.78, 5) is 27.4. The molecule has 0 saturated heterocycles. The molecule has 24 heavy (non-hydrogen) atoms. The number of hydrogen-bond donors (Lipinski definition) is 0. The van der Waals surface area contributed by atoms with Gasteiger partial charge in [0, 0.05) is 29.4 Å². The van der Waals surface area contributed by atoms with E-state index in [1.807, 2.05) is 0 Å². The minimum Gasteiger partial charge on any atom is -0.426 e. The summed E-state index contributed by atoms with van der Waals surface area (Å²) < 4.78 is 22.1. The molecule has 0 bridgehead atoms. The third-order valence-corrected chi connectivity index (χ3v) is 5.27. The monoisotopic (exact) mass is 410 g/mol. The maximum Gasteiger partial charge on any atom is 0.308 e. The second kappa shape index (κ2) is 7.67. The fourth-order valence-corrected chi connectivity index (χ4v) is 3.58. The van der Waals surface area contributed by atoms with E-state index in [2.05, 4.69) is 25.3 Å². The van der Waals surface area contributed by atoms with Gasteiger partial charge in [-0.25, -0.2) is 9.19 Å². The van der Waals surface area contributed by atoms with Crippen LogP contribution in [0.5, 0.6) is 5.75 Å². The predicted octanol–water partition coefficient (Wildman–Crippen LogP) is 3.00. The largest absolute Gasteiger partial charge is 0.426 e. The first-order chi connectivity index (χ1) is 11.3. The number of rotatable bonds is 4. The summed E-state index contributed by atoms with van der Waals surface area (Å²) in [5, 5.41) is 0.241. The molecule has 6 nitrogen and oxygen atoms in total. The number of carbonyl (C=O) groups excluding carboxylic acids is 2. The fourth-order valence-electron chi connectivity index (χ4n) is 1.96. The summed E-state index contributed by atoms with van der Waals surface area (Å²) in [7, 11) is -2.94. The van der Waals surface area contributed by atoms with Gasteiger partial charge in [-0.05, 0) is 24.3 Å². The lowest BCUT2D eigenvalue weighted by molar-refractivity contribution is -0.132. The molecule has 1 unspecified atom stereocenters. The third kappa shape index (κ3) is 4.72. The highest BCUT2D eigenvalue weighted by Crippen LogP contribution is 2.28. The lowest BCUT2D eigenvalue weighted by Crippen LogP contribution is -2.10. The van der Waals surface area contributed by atoms with Gasteiger partial charge < -0.3 is 4.74 Å². The highest BCUT2D eigenvalue weighted by atomic mass is 79.9. The van der Waals surface area contributed by atoms with Crippen molar-refractivity contribution in [1.29, 1.82) is 0 Å². The van der Waals surface area contributed by atoms with Gasteiger partial charge in [-0.1, -0.05) is 28.1 Å². The molecular weight excluding hydrogens is 396 g/mol. The quantitative estimate of drug-likeness (QED) is 0.571. The molecule has 1 aromatic heterocycles. The van der Waals surface area contributed by atoms with Gasteiger partial charge >= 0.3 is 5.97 Å². The number of ether oxygens (including phenoxy) is 1. The zero-order valence-corrected chi connectivity index (χ0v) is 15.5. The van der Waals surface area contributed by atoms with Crippen LogP contribution in [0.25, 0.3) is 0 Å². The lowest BCUT2D eigenvalue weighted by Gasteiger charge is -2.09. The van der Waals surface area contributed by atoms with Crippen LogP contribution in [0.15, 0.2) is 56.5 Å². The van der Waals surface area contributed by atoms with E-state index in [0.717, 1.165) is 0 Å². The number of esters is 1. The van der Waals surface area contributed by atoms with E-state index in [1.54, 1.807) is 36.4 Å². The molecule has 1 atom stereocenters. The number of halogens is 1. The average molecular weight is 411 g/mol. The van der Waals surface area contributed by atoms with Gasteiger partial charge in [0.05, 0.1) is 16.1 Å². The first-order valence-corrected chi connectivity index (χ1v) is 9.63. The van der Waals surface area contributed by atoms with Gasteiger partial charge in [0.2, 0.25) is 0 Å². The second-order valence-corrected chi connectivity index (χ2v) is 8.00. The van der Waals surface area contributed by atoms with Gasteiger partial charge in [0.15, 0.2) is 0 Å². The van der Waals surface area contributed by atoms with Crippen molar-refractivity contribution >= 4 is 37.5 Å². The topological polar surface area (TPSA) is 85.7 Å². The van der Waals surface area contributed by atoms with E-state index in [9.17, 15) is 13.8 Å². The van der Waals surface area contributed by atoms with Crippen molar-refractivity contribution in [2.75, 3.05) is 6.26 Å². The van der Waals surface area contributed by atoms with Gasteiger partial charge in [-0.2, -0.15) is 4.36 Å². The summed E-state index contributed by atoms with van der Waals surface area (Å²) >= 11 is 3.32. The third-order valence-electron chi connectivity index (χ3n) is 2.96. The number of hydrogen-bond acceptors (Lipinski definition) is 5. The molecule has 0 spiro atoms. The zero-order valence-electron chi connectivity index (χ0n) is 13.1. The summed E-state index contributed by atoms with van der Waals surface area (Å²) in [5.41, 5.74) is 0.470. The zero-order chi connectivity index (χ0) is 17.7. The van der Waals surface area contributed by atoms with Crippen molar-refractivity contribution in [3.05, 3.63) is 52.6 Å². The number of benzene rings is 1. The van der Waals surface area contributed by atoms with Crippen molar-refractivity contribution in [2.24, 2.45) is 4.36 Å². The Morgan fingerprint density at radius 2 is 2.00 bits per heavy atom. The van der Waals surface area contributed by atoms with E-state index in [0.29, 0.717) is 10.0 Å². The summed E-state index contributed by atoms with van der Waals surface area (Å²) in [6.45, 7) is 1.27. The Balaban J connectivity index is 2.32. The van der Waals surface area contributed by atoms with Gasteiger partial charge in [-0.15, -0.1) is 0 Å². The van der Waals surface area contributed by atoms with E-state index in [-0.39, 0.29) is 17.2 Å². The molecule has 8 heteroatoms. The van der Waals surface area contributed by atoms with Crippen LogP contribution >= 0.6 is 15.9 Å². The number of pyridine rings is 1. The van der Waals surface area contributed by atoms with E-state index < -0.39 is 21.6 Å². The van der Waals surface area contributed by atoms with Crippen LogP contribution in [-0.4, -0.2) is 27.3 Å². The van der Waals surface area contributed by atoms with Crippen molar-refractivity contribution in [3.63, 3.8) is 0 Å². The minimum absolute atomic E-state index is 0.151. The van der Waals surface area contributed by atoms with Crippen molar-refractivity contribution < 1.29 is 18.5 Å². The molecule has 0 aliphatic carbocycles.